The molecule has 16 heavy (non-hydrogen) atoms. The Bertz CT molecular complexity index is 380. The largest absolute Gasteiger partial charge is 0.490 e. The van der Waals surface area contributed by atoms with E-state index in [0.29, 0.717) is 35.3 Å². The van der Waals surface area contributed by atoms with Gasteiger partial charge in [-0.05, 0) is 26.0 Å². The van der Waals surface area contributed by atoms with Crippen LogP contribution in [0.5, 0.6) is 11.5 Å². The van der Waals surface area contributed by atoms with E-state index in [9.17, 15) is 0 Å². The van der Waals surface area contributed by atoms with Gasteiger partial charge in [0.1, 0.15) is 0 Å². The number of hydrogen-bond donors (Lipinski definition) is 1. The summed E-state index contributed by atoms with van der Waals surface area (Å²) < 4.78 is 10.8. The normalized spacial score (nSPS) is 10.7. The Morgan fingerprint density at radius 3 is 2.56 bits per heavy atom. The van der Waals surface area contributed by atoms with Crippen molar-refractivity contribution < 1.29 is 14.7 Å². The lowest BCUT2D eigenvalue weighted by Crippen LogP contribution is -2.00. The van der Waals surface area contributed by atoms with E-state index in [-0.39, 0.29) is 0 Å². The Labute approximate surface area is 99.4 Å². The van der Waals surface area contributed by atoms with Crippen molar-refractivity contribution >= 4 is 17.8 Å². The fraction of sp³-hybridized carbons (Fsp3) is 0.364. The summed E-state index contributed by atoms with van der Waals surface area (Å²) in [6.07, 6.45) is 1.28. The molecule has 4 nitrogen and oxygen atoms in total. The Morgan fingerprint density at radius 2 is 2.00 bits per heavy atom. The second-order valence-corrected chi connectivity index (χ2v) is 3.35. The molecule has 0 aliphatic heterocycles. The van der Waals surface area contributed by atoms with Gasteiger partial charge in [-0.3, -0.25) is 0 Å². The molecular weight excluding hydrogens is 230 g/mol. The van der Waals surface area contributed by atoms with Crippen LogP contribution in [0.15, 0.2) is 17.3 Å². The minimum Gasteiger partial charge on any atom is -0.490 e. The SMILES string of the molecule is CCOc1cc(C=NO)cc(Cl)c1OCC. The second-order valence-electron chi connectivity index (χ2n) is 2.94. The minimum atomic E-state index is 0.433. The minimum absolute atomic E-state index is 0.433. The van der Waals surface area contributed by atoms with Crippen molar-refractivity contribution in [2.45, 2.75) is 13.8 Å². The Hall–Kier alpha value is -1.42. The monoisotopic (exact) mass is 243 g/mol. The number of hydrogen-bond acceptors (Lipinski definition) is 4. The zero-order chi connectivity index (χ0) is 12.0. The molecule has 1 aromatic rings. The molecule has 1 N–H and O–H groups in total. The van der Waals surface area contributed by atoms with E-state index in [1.54, 1.807) is 12.1 Å². The standard InChI is InChI=1S/C11H14ClNO3/c1-3-15-10-6-8(7-13-14)5-9(12)11(10)16-4-2/h5-7,14H,3-4H2,1-2H3. The molecule has 0 saturated carbocycles. The van der Waals surface area contributed by atoms with Crippen LogP contribution >= 0.6 is 11.6 Å². The van der Waals surface area contributed by atoms with Gasteiger partial charge in [0, 0.05) is 5.56 Å². The maximum Gasteiger partial charge on any atom is 0.179 e. The first-order valence-electron chi connectivity index (χ1n) is 4.99. The van der Waals surface area contributed by atoms with E-state index >= 15 is 0 Å². The van der Waals surface area contributed by atoms with Crippen LogP contribution in [-0.2, 0) is 0 Å². The van der Waals surface area contributed by atoms with Gasteiger partial charge in [0.25, 0.3) is 0 Å². The van der Waals surface area contributed by atoms with Gasteiger partial charge in [-0.1, -0.05) is 16.8 Å². The lowest BCUT2D eigenvalue weighted by molar-refractivity contribution is 0.288. The van der Waals surface area contributed by atoms with Crippen molar-refractivity contribution in [3.63, 3.8) is 0 Å². The molecule has 0 fully saturated rings. The molecule has 0 heterocycles. The number of ether oxygens (including phenoxy) is 2. The smallest absolute Gasteiger partial charge is 0.179 e. The molecule has 0 spiro atoms. The number of halogens is 1. The van der Waals surface area contributed by atoms with Crippen molar-refractivity contribution in [1.82, 2.24) is 0 Å². The summed E-state index contributed by atoms with van der Waals surface area (Å²) in [5.41, 5.74) is 0.652. The van der Waals surface area contributed by atoms with Gasteiger partial charge < -0.3 is 14.7 Å². The van der Waals surface area contributed by atoms with Gasteiger partial charge in [-0.25, -0.2) is 0 Å². The molecule has 1 aromatic carbocycles. The maximum atomic E-state index is 8.46. The fourth-order valence-corrected chi connectivity index (χ4v) is 1.55. The molecule has 5 heteroatoms. The van der Waals surface area contributed by atoms with Crippen molar-refractivity contribution in [3.8, 4) is 11.5 Å². The third-order valence-corrected chi connectivity index (χ3v) is 2.11. The number of oxime groups is 1. The summed E-state index contributed by atoms with van der Waals surface area (Å²) in [7, 11) is 0. The Morgan fingerprint density at radius 1 is 1.31 bits per heavy atom. The summed E-state index contributed by atoms with van der Waals surface area (Å²) in [4.78, 5) is 0. The van der Waals surface area contributed by atoms with Gasteiger partial charge in [-0.2, -0.15) is 0 Å². The van der Waals surface area contributed by atoms with Gasteiger partial charge in [0.2, 0.25) is 0 Å². The summed E-state index contributed by atoms with van der Waals surface area (Å²) in [6, 6.07) is 3.36. The van der Waals surface area contributed by atoms with Crippen LogP contribution in [0.2, 0.25) is 5.02 Å². The highest BCUT2D eigenvalue weighted by atomic mass is 35.5. The van der Waals surface area contributed by atoms with Crippen LogP contribution < -0.4 is 9.47 Å². The average Bonchev–Trinajstić information content (AvgIpc) is 2.24. The molecule has 1 rings (SSSR count). The molecule has 0 aliphatic carbocycles. The average molecular weight is 244 g/mol. The van der Waals surface area contributed by atoms with Crippen LogP contribution in [0.4, 0.5) is 0 Å². The Kier molecular flexibility index (Phi) is 4.92. The first-order chi connectivity index (χ1) is 7.72. The molecule has 0 atom stereocenters. The summed E-state index contributed by atoms with van der Waals surface area (Å²) in [6.45, 7) is 4.76. The third kappa shape index (κ3) is 3.03. The third-order valence-electron chi connectivity index (χ3n) is 1.83. The van der Waals surface area contributed by atoms with E-state index in [0.717, 1.165) is 0 Å². The van der Waals surface area contributed by atoms with Gasteiger partial charge in [0.15, 0.2) is 11.5 Å². The number of nitrogens with zero attached hydrogens (tertiary/aromatic N) is 1. The van der Waals surface area contributed by atoms with Crippen LogP contribution in [0.1, 0.15) is 19.4 Å². The molecule has 0 bridgehead atoms. The highest BCUT2D eigenvalue weighted by Crippen LogP contribution is 2.36. The summed E-state index contributed by atoms with van der Waals surface area (Å²) in [5.74, 6) is 1.06. The van der Waals surface area contributed by atoms with Gasteiger partial charge >= 0.3 is 0 Å². The maximum absolute atomic E-state index is 8.46. The molecule has 88 valence electrons. The van der Waals surface area contributed by atoms with E-state index in [4.69, 9.17) is 26.3 Å². The van der Waals surface area contributed by atoms with Crippen LogP contribution in [0.3, 0.4) is 0 Å². The highest BCUT2D eigenvalue weighted by Gasteiger charge is 2.11. The molecule has 0 aromatic heterocycles. The predicted molar refractivity (Wildman–Crippen MR) is 63.2 cm³/mol. The zero-order valence-corrected chi connectivity index (χ0v) is 9.99. The van der Waals surface area contributed by atoms with Crippen LogP contribution in [-0.4, -0.2) is 24.6 Å². The molecule has 0 amide bonds. The Balaban J connectivity index is 3.15. The molecule has 0 unspecified atom stereocenters. The van der Waals surface area contributed by atoms with Crippen molar-refractivity contribution in [3.05, 3.63) is 22.7 Å². The lowest BCUT2D eigenvalue weighted by Gasteiger charge is -2.12. The van der Waals surface area contributed by atoms with E-state index in [1.165, 1.54) is 6.21 Å². The first-order valence-corrected chi connectivity index (χ1v) is 5.37. The van der Waals surface area contributed by atoms with Crippen molar-refractivity contribution in [1.29, 1.82) is 0 Å². The van der Waals surface area contributed by atoms with Gasteiger partial charge in [0.05, 0.1) is 24.5 Å². The van der Waals surface area contributed by atoms with E-state index in [2.05, 4.69) is 5.16 Å². The highest BCUT2D eigenvalue weighted by molar-refractivity contribution is 6.32. The van der Waals surface area contributed by atoms with Crippen molar-refractivity contribution in [2.75, 3.05) is 13.2 Å². The first kappa shape index (κ1) is 12.6. The van der Waals surface area contributed by atoms with Crippen molar-refractivity contribution in [2.24, 2.45) is 5.16 Å². The molecule has 0 saturated heterocycles. The molecule has 0 aliphatic rings. The van der Waals surface area contributed by atoms with Crippen LogP contribution in [0.25, 0.3) is 0 Å². The zero-order valence-electron chi connectivity index (χ0n) is 9.24. The van der Waals surface area contributed by atoms with E-state index in [1.807, 2.05) is 13.8 Å². The van der Waals surface area contributed by atoms with Gasteiger partial charge in [-0.15, -0.1) is 0 Å². The quantitative estimate of drug-likeness (QED) is 0.491. The second kappa shape index (κ2) is 6.23. The number of rotatable bonds is 5. The summed E-state index contributed by atoms with van der Waals surface area (Å²) >= 11 is 6.04. The topological polar surface area (TPSA) is 51.0 Å². The van der Waals surface area contributed by atoms with E-state index < -0.39 is 0 Å². The number of benzene rings is 1. The molecule has 0 radical (unpaired) electrons. The predicted octanol–water partition coefficient (Wildman–Crippen LogP) is 2.95. The summed E-state index contributed by atoms with van der Waals surface area (Å²) in [5, 5.41) is 11.8. The van der Waals surface area contributed by atoms with Crippen LogP contribution in [0, 0.1) is 0 Å². The molecular formula is C11H14ClNO3. The lowest BCUT2D eigenvalue weighted by atomic mass is 10.2. The fourth-order valence-electron chi connectivity index (χ4n) is 1.28.